The summed E-state index contributed by atoms with van der Waals surface area (Å²) in [4.78, 5) is 21.9. The van der Waals surface area contributed by atoms with Gasteiger partial charge in [0.2, 0.25) is 0 Å². The summed E-state index contributed by atoms with van der Waals surface area (Å²) in [6, 6.07) is 0.493. The van der Waals surface area contributed by atoms with Gasteiger partial charge in [-0.05, 0) is 38.9 Å². The second-order valence-corrected chi connectivity index (χ2v) is 8.66. The summed E-state index contributed by atoms with van der Waals surface area (Å²) >= 11 is 3.17. The summed E-state index contributed by atoms with van der Waals surface area (Å²) in [7, 11) is 0. The molecule has 4 heterocycles. The number of allylic oxidation sites excluding steroid dienone is 1. The van der Waals surface area contributed by atoms with Crippen molar-refractivity contribution in [3.8, 4) is 0 Å². The average Bonchev–Trinajstić information content (AvgIpc) is 2.84. The zero-order valence-corrected chi connectivity index (χ0v) is 15.8. The van der Waals surface area contributed by atoms with Gasteiger partial charge in [-0.3, -0.25) is 9.69 Å². The molecular weight excluding hydrogens is 326 g/mol. The van der Waals surface area contributed by atoms with Crippen LogP contribution in [0, 0.1) is 5.92 Å². The highest BCUT2D eigenvalue weighted by molar-refractivity contribution is 8.00. The molecule has 2 atom stereocenters. The van der Waals surface area contributed by atoms with Gasteiger partial charge in [-0.1, -0.05) is 23.4 Å². The summed E-state index contributed by atoms with van der Waals surface area (Å²) < 4.78 is 0.969. The lowest BCUT2D eigenvalue weighted by molar-refractivity contribution is 0.0735. The topological polar surface area (TPSA) is 36.4 Å². The van der Waals surface area contributed by atoms with Crippen molar-refractivity contribution in [2.75, 3.05) is 32.4 Å². The standard InChI is InChI=1S/C17H25N3OS2/c1-12(2)6-7-19-8-13-4-5-14(19)10-20(9-13)16(21)15-11-23-17(18-15)22-3/h6,11,13-14H,4-5,7-10H2,1-3H3/t13-,14-/m0/s1. The van der Waals surface area contributed by atoms with Crippen LogP contribution in [0.3, 0.4) is 0 Å². The van der Waals surface area contributed by atoms with Gasteiger partial charge in [0.25, 0.3) is 5.91 Å². The van der Waals surface area contributed by atoms with E-state index in [1.165, 1.54) is 18.4 Å². The molecule has 3 fully saturated rings. The highest BCUT2D eigenvalue weighted by Gasteiger charge is 2.36. The Labute approximate surface area is 147 Å². The Morgan fingerprint density at radius 2 is 2.22 bits per heavy atom. The Balaban J connectivity index is 1.71. The normalized spacial score (nSPS) is 24.6. The van der Waals surface area contributed by atoms with E-state index < -0.39 is 0 Å². The first kappa shape index (κ1) is 17.0. The van der Waals surface area contributed by atoms with Crippen molar-refractivity contribution < 1.29 is 4.79 Å². The summed E-state index contributed by atoms with van der Waals surface area (Å²) in [5.41, 5.74) is 1.99. The first-order chi connectivity index (χ1) is 11.1. The highest BCUT2D eigenvalue weighted by atomic mass is 32.2. The van der Waals surface area contributed by atoms with Gasteiger partial charge in [-0.25, -0.2) is 4.98 Å². The predicted molar refractivity (Wildman–Crippen MR) is 97.3 cm³/mol. The number of rotatable bonds is 4. The fourth-order valence-electron chi connectivity index (χ4n) is 3.48. The first-order valence-electron chi connectivity index (χ1n) is 8.23. The van der Waals surface area contributed by atoms with E-state index in [9.17, 15) is 4.79 Å². The Kier molecular flexibility index (Phi) is 5.44. The Hall–Kier alpha value is -0.850. The van der Waals surface area contributed by atoms with Crippen molar-refractivity contribution in [3.05, 3.63) is 22.7 Å². The van der Waals surface area contributed by atoms with Crippen molar-refractivity contribution in [1.29, 1.82) is 0 Å². The van der Waals surface area contributed by atoms with Crippen LogP contribution in [0.5, 0.6) is 0 Å². The second-order valence-electron chi connectivity index (χ2n) is 6.75. The monoisotopic (exact) mass is 351 g/mol. The van der Waals surface area contributed by atoms with Crippen LogP contribution in [0.15, 0.2) is 21.4 Å². The summed E-state index contributed by atoms with van der Waals surface area (Å²) in [5, 5.41) is 1.90. The lowest BCUT2D eigenvalue weighted by atomic mass is 9.95. The van der Waals surface area contributed by atoms with Crippen LogP contribution in [0.25, 0.3) is 0 Å². The molecule has 1 amide bonds. The second kappa shape index (κ2) is 7.36. The van der Waals surface area contributed by atoms with Crippen LogP contribution in [0.2, 0.25) is 0 Å². The maximum atomic E-state index is 12.8. The van der Waals surface area contributed by atoms with E-state index >= 15 is 0 Å². The molecule has 0 unspecified atom stereocenters. The third-order valence-corrected chi connectivity index (χ3v) is 6.59. The van der Waals surface area contributed by atoms with Gasteiger partial charge in [0.15, 0.2) is 0 Å². The maximum Gasteiger partial charge on any atom is 0.273 e. The van der Waals surface area contributed by atoms with Gasteiger partial charge in [0.1, 0.15) is 10.0 Å². The number of piperidine rings is 1. The molecule has 1 aromatic rings. The number of fused-ring (bicyclic) bond motifs is 4. The molecule has 3 aliphatic heterocycles. The number of thiazole rings is 1. The molecule has 4 nitrogen and oxygen atoms in total. The van der Waals surface area contributed by atoms with Crippen molar-refractivity contribution in [1.82, 2.24) is 14.8 Å². The average molecular weight is 352 g/mol. The molecule has 2 bridgehead atoms. The first-order valence-corrected chi connectivity index (χ1v) is 10.3. The minimum absolute atomic E-state index is 0.113. The molecule has 3 saturated heterocycles. The number of hydrogen-bond donors (Lipinski definition) is 0. The van der Waals surface area contributed by atoms with Gasteiger partial charge in [-0.15, -0.1) is 11.3 Å². The number of amides is 1. The van der Waals surface area contributed by atoms with Crippen LogP contribution in [0.1, 0.15) is 37.2 Å². The molecule has 4 rings (SSSR count). The van der Waals surface area contributed by atoms with E-state index in [1.807, 2.05) is 16.5 Å². The van der Waals surface area contributed by atoms with Gasteiger partial charge in [0.05, 0.1) is 0 Å². The molecule has 0 spiro atoms. The van der Waals surface area contributed by atoms with Crippen molar-refractivity contribution >= 4 is 29.0 Å². The molecule has 0 radical (unpaired) electrons. The lowest BCUT2D eigenvalue weighted by Gasteiger charge is -2.35. The van der Waals surface area contributed by atoms with Crippen LogP contribution >= 0.6 is 23.1 Å². The van der Waals surface area contributed by atoms with E-state index in [0.29, 0.717) is 17.7 Å². The van der Waals surface area contributed by atoms with Crippen LogP contribution in [0.4, 0.5) is 0 Å². The summed E-state index contributed by atoms with van der Waals surface area (Å²) in [6.07, 6.45) is 6.75. The smallest absolute Gasteiger partial charge is 0.273 e. The quantitative estimate of drug-likeness (QED) is 0.616. The van der Waals surface area contributed by atoms with Crippen LogP contribution in [-0.2, 0) is 0 Å². The minimum atomic E-state index is 0.113. The van der Waals surface area contributed by atoms with E-state index in [1.54, 1.807) is 23.1 Å². The summed E-state index contributed by atoms with van der Waals surface area (Å²) in [6.45, 7) is 8.16. The third-order valence-electron chi connectivity index (χ3n) is 4.73. The molecule has 0 saturated carbocycles. The van der Waals surface area contributed by atoms with Crippen molar-refractivity contribution in [2.24, 2.45) is 5.92 Å². The van der Waals surface area contributed by atoms with E-state index in [0.717, 1.165) is 30.5 Å². The molecule has 1 aromatic heterocycles. The van der Waals surface area contributed by atoms with E-state index in [2.05, 4.69) is 29.8 Å². The van der Waals surface area contributed by atoms with Crippen molar-refractivity contribution in [3.63, 3.8) is 0 Å². The minimum Gasteiger partial charge on any atom is -0.335 e. The zero-order chi connectivity index (χ0) is 16.4. The molecule has 126 valence electrons. The maximum absolute atomic E-state index is 12.8. The molecule has 0 N–H and O–H groups in total. The van der Waals surface area contributed by atoms with Crippen LogP contribution < -0.4 is 0 Å². The number of aromatic nitrogens is 1. The molecule has 23 heavy (non-hydrogen) atoms. The van der Waals surface area contributed by atoms with Crippen molar-refractivity contribution in [2.45, 2.75) is 37.1 Å². The number of carbonyl (C=O) groups is 1. The Morgan fingerprint density at radius 1 is 1.39 bits per heavy atom. The number of thioether (sulfide) groups is 1. The SMILES string of the molecule is CSc1nc(C(=O)N2C[C@H]3CC[C@@H](C2)N(CC=C(C)C)C3)cs1. The van der Waals surface area contributed by atoms with Gasteiger partial charge in [-0.2, -0.15) is 0 Å². The van der Waals surface area contributed by atoms with E-state index in [4.69, 9.17) is 0 Å². The summed E-state index contributed by atoms with van der Waals surface area (Å²) in [5.74, 6) is 0.712. The number of hydrogen-bond acceptors (Lipinski definition) is 5. The molecule has 3 aliphatic rings. The fourth-order valence-corrected chi connectivity index (χ4v) is 4.72. The van der Waals surface area contributed by atoms with Gasteiger partial charge < -0.3 is 4.90 Å². The van der Waals surface area contributed by atoms with Crippen LogP contribution in [-0.4, -0.2) is 59.2 Å². The number of carbonyl (C=O) groups excluding carboxylic acids is 1. The lowest BCUT2D eigenvalue weighted by Crippen LogP contribution is -2.44. The highest BCUT2D eigenvalue weighted by Crippen LogP contribution is 2.29. The van der Waals surface area contributed by atoms with Gasteiger partial charge >= 0.3 is 0 Å². The largest absolute Gasteiger partial charge is 0.335 e. The number of nitrogens with zero attached hydrogens (tertiary/aromatic N) is 3. The Bertz CT molecular complexity index is 594. The fraction of sp³-hybridized carbons (Fsp3) is 0.647. The molecular formula is C17H25N3OS2. The predicted octanol–water partition coefficient (Wildman–Crippen LogP) is 3.37. The molecule has 0 aromatic carbocycles. The molecule has 6 heteroatoms. The zero-order valence-electron chi connectivity index (χ0n) is 14.1. The van der Waals surface area contributed by atoms with Gasteiger partial charge in [0, 0.05) is 37.6 Å². The third kappa shape index (κ3) is 3.98. The molecule has 0 aliphatic carbocycles. The van der Waals surface area contributed by atoms with E-state index in [-0.39, 0.29) is 5.91 Å². The Morgan fingerprint density at radius 3 is 2.91 bits per heavy atom.